The molecule has 0 atom stereocenters. The van der Waals surface area contributed by atoms with Gasteiger partial charge in [-0.2, -0.15) is 0 Å². The first-order chi connectivity index (χ1) is 14.8. The second-order valence-electron chi connectivity index (χ2n) is 6.39. The average Bonchev–Trinajstić information content (AvgIpc) is 2.71. The van der Waals surface area contributed by atoms with Crippen LogP contribution in [0.15, 0.2) is 48.5 Å². The van der Waals surface area contributed by atoms with Crippen molar-refractivity contribution in [3.05, 3.63) is 59.7 Å². The van der Waals surface area contributed by atoms with Gasteiger partial charge in [0.05, 0.1) is 13.2 Å². The van der Waals surface area contributed by atoms with E-state index in [1.807, 2.05) is 0 Å². The summed E-state index contributed by atoms with van der Waals surface area (Å²) in [6, 6.07) is 13.7. The monoisotopic (exact) mass is 428 g/mol. The number of amides is 2. The number of benzene rings is 2. The van der Waals surface area contributed by atoms with Gasteiger partial charge in [0.1, 0.15) is 0 Å². The minimum Gasteiger partial charge on any atom is -0.465 e. The SMILES string of the molecule is CCOC(=O)C(C(=O)Nc1ccccc1Cc1ccc(NC(=O)O)cc1)C(=O)OCC. The van der Waals surface area contributed by atoms with Gasteiger partial charge >= 0.3 is 18.0 Å². The Bertz CT molecular complexity index is 923. The van der Waals surface area contributed by atoms with Crippen molar-refractivity contribution in [3.8, 4) is 0 Å². The van der Waals surface area contributed by atoms with E-state index in [0.29, 0.717) is 17.8 Å². The molecule has 0 aliphatic rings. The third-order valence-corrected chi connectivity index (χ3v) is 4.18. The molecule has 0 unspecified atom stereocenters. The van der Waals surface area contributed by atoms with E-state index in [9.17, 15) is 19.2 Å². The van der Waals surface area contributed by atoms with Crippen LogP contribution in [0.5, 0.6) is 0 Å². The van der Waals surface area contributed by atoms with E-state index >= 15 is 0 Å². The number of para-hydroxylation sites is 1. The van der Waals surface area contributed by atoms with E-state index < -0.39 is 29.9 Å². The molecular formula is C22H24N2O7. The predicted molar refractivity (Wildman–Crippen MR) is 113 cm³/mol. The van der Waals surface area contributed by atoms with Crippen molar-refractivity contribution in [2.75, 3.05) is 23.8 Å². The highest BCUT2D eigenvalue weighted by molar-refractivity contribution is 6.18. The lowest BCUT2D eigenvalue weighted by Gasteiger charge is -2.16. The van der Waals surface area contributed by atoms with E-state index in [4.69, 9.17) is 14.6 Å². The zero-order valence-electron chi connectivity index (χ0n) is 17.2. The number of rotatable bonds is 9. The maximum Gasteiger partial charge on any atom is 0.409 e. The molecule has 9 nitrogen and oxygen atoms in total. The molecule has 0 fully saturated rings. The molecule has 164 valence electrons. The number of nitrogens with one attached hydrogen (secondary N) is 2. The number of carboxylic acid groups (broad SMARTS) is 1. The zero-order chi connectivity index (χ0) is 22.8. The van der Waals surface area contributed by atoms with E-state index in [1.54, 1.807) is 62.4 Å². The summed E-state index contributed by atoms with van der Waals surface area (Å²) < 4.78 is 9.69. The highest BCUT2D eigenvalue weighted by Crippen LogP contribution is 2.21. The van der Waals surface area contributed by atoms with Gasteiger partial charge in [-0.15, -0.1) is 0 Å². The number of ether oxygens (including phenoxy) is 2. The molecule has 31 heavy (non-hydrogen) atoms. The average molecular weight is 428 g/mol. The Balaban J connectivity index is 2.19. The van der Waals surface area contributed by atoms with Gasteiger partial charge in [0.25, 0.3) is 0 Å². The largest absolute Gasteiger partial charge is 0.465 e. The summed E-state index contributed by atoms with van der Waals surface area (Å²) in [5, 5.41) is 13.6. The molecule has 0 saturated carbocycles. The molecule has 0 aliphatic heterocycles. The lowest BCUT2D eigenvalue weighted by Crippen LogP contribution is -2.38. The topological polar surface area (TPSA) is 131 Å². The molecule has 0 aromatic heterocycles. The fourth-order valence-corrected chi connectivity index (χ4v) is 2.81. The molecule has 0 aliphatic carbocycles. The third kappa shape index (κ3) is 6.84. The number of carbonyl (C=O) groups is 4. The first-order valence-corrected chi connectivity index (χ1v) is 9.66. The summed E-state index contributed by atoms with van der Waals surface area (Å²) in [6.45, 7) is 3.19. The second-order valence-corrected chi connectivity index (χ2v) is 6.39. The normalized spacial score (nSPS) is 10.3. The maximum absolute atomic E-state index is 12.7. The van der Waals surface area contributed by atoms with Gasteiger partial charge < -0.3 is 19.9 Å². The van der Waals surface area contributed by atoms with Gasteiger partial charge in [0.2, 0.25) is 11.8 Å². The number of hydrogen-bond acceptors (Lipinski definition) is 6. The van der Waals surface area contributed by atoms with Crippen LogP contribution >= 0.6 is 0 Å². The lowest BCUT2D eigenvalue weighted by atomic mass is 10.0. The Morgan fingerprint density at radius 1 is 0.871 bits per heavy atom. The van der Waals surface area contributed by atoms with Crippen molar-refractivity contribution >= 4 is 35.3 Å². The van der Waals surface area contributed by atoms with Gasteiger partial charge in [0.15, 0.2) is 0 Å². The minimum atomic E-state index is -1.73. The molecule has 2 aromatic rings. The molecule has 0 radical (unpaired) electrons. The van der Waals surface area contributed by atoms with Crippen LogP contribution in [0.2, 0.25) is 0 Å². The summed E-state index contributed by atoms with van der Waals surface area (Å²) in [5.41, 5.74) is 2.47. The van der Waals surface area contributed by atoms with Crippen LogP contribution in [0.4, 0.5) is 16.2 Å². The Morgan fingerprint density at radius 2 is 1.45 bits per heavy atom. The third-order valence-electron chi connectivity index (χ3n) is 4.18. The van der Waals surface area contributed by atoms with Gasteiger partial charge in [-0.25, -0.2) is 4.79 Å². The van der Waals surface area contributed by atoms with Crippen LogP contribution in [-0.2, 0) is 30.3 Å². The highest BCUT2D eigenvalue weighted by Gasteiger charge is 2.37. The molecule has 3 N–H and O–H groups in total. The Hall–Kier alpha value is -3.88. The molecule has 2 rings (SSSR count). The van der Waals surface area contributed by atoms with E-state index in [-0.39, 0.29) is 13.2 Å². The van der Waals surface area contributed by atoms with Crippen molar-refractivity contribution in [1.29, 1.82) is 0 Å². The van der Waals surface area contributed by atoms with Gasteiger partial charge in [-0.3, -0.25) is 19.7 Å². The number of anilines is 2. The highest BCUT2D eigenvalue weighted by atomic mass is 16.6. The van der Waals surface area contributed by atoms with Crippen LogP contribution in [-0.4, -0.2) is 42.3 Å². The quantitative estimate of drug-likeness (QED) is 0.413. The minimum absolute atomic E-state index is 0.0192. The molecule has 2 aromatic carbocycles. The predicted octanol–water partition coefficient (Wildman–Crippen LogP) is 3.05. The van der Waals surface area contributed by atoms with Gasteiger partial charge in [-0.05, 0) is 49.6 Å². The molecule has 0 bridgehead atoms. The summed E-state index contributed by atoms with van der Waals surface area (Å²) in [7, 11) is 0. The molecule has 2 amide bonds. The van der Waals surface area contributed by atoms with E-state index in [0.717, 1.165) is 11.1 Å². The van der Waals surface area contributed by atoms with Crippen LogP contribution < -0.4 is 10.6 Å². The standard InChI is InChI=1S/C22H24N2O7/c1-3-30-20(26)18(21(27)31-4-2)19(25)24-17-8-6-5-7-15(17)13-14-9-11-16(12-10-14)23-22(28)29/h5-12,18,23H,3-4,13H2,1-2H3,(H,24,25)(H,28,29). The van der Waals surface area contributed by atoms with Crippen LogP contribution in [0, 0.1) is 5.92 Å². The Morgan fingerprint density at radius 3 is 2.00 bits per heavy atom. The summed E-state index contributed by atoms with van der Waals surface area (Å²) >= 11 is 0. The molecule has 0 heterocycles. The van der Waals surface area contributed by atoms with Crippen molar-refractivity contribution < 1.29 is 33.8 Å². The molecule has 0 spiro atoms. The number of carbonyl (C=O) groups excluding carboxylic acids is 3. The van der Waals surface area contributed by atoms with Crippen LogP contribution in [0.1, 0.15) is 25.0 Å². The van der Waals surface area contributed by atoms with E-state index in [1.165, 1.54) is 0 Å². The first-order valence-electron chi connectivity index (χ1n) is 9.66. The fourth-order valence-electron chi connectivity index (χ4n) is 2.81. The Labute approximate surface area is 179 Å². The van der Waals surface area contributed by atoms with Crippen molar-refractivity contribution in [3.63, 3.8) is 0 Å². The van der Waals surface area contributed by atoms with Gasteiger partial charge in [-0.1, -0.05) is 30.3 Å². The Kier molecular flexibility index (Phi) is 8.56. The van der Waals surface area contributed by atoms with Crippen molar-refractivity contribution in [1.82, 2.24) is 0 Å². The summed E-state index contributed by atoms with van der Waals surface area (Å²) in [4.78, 5) is 47.7. The summed E-state index contributed by atoms with van der Waals surface area (Å²) in [5.74, 6) is -4.52. The molecule has 9 heteroatoms. The number of esters is 2. The maximum atomic E-state index is 12.7. The number of hydrogen-bond donors (Lipinski definition) is 3. The van der Waals surface area contributed by atoms with Crippen LogP contribution in [0.3, 0.4) is 0 Å². The smallest absolute Gasteiger partial charge is 0.409 e. The molecular weight excluding hydrogens is 404 g/mol. The van der Waals surface area contributed by atoms with Gasteiger partial charge in [0, 0.05) is 11.4 Å². The summed E-state index contributed by atoms with van der Waals surface area (Å²) in [6.07, 6.45) is -0.730. The van der Waals surface area contributed by atoms with Crippen molar-refractivity contribution in [2.45, 2.75) is 20.3 Å². The lowest BCUT2D eigenvalue weighted by molar-refractivity contribution is -0.163. The molecule has 0 saturated heterocycles. The fraction of sp³-hybridized carbons (Fsp3) is 0.273. The van der Waals surface area contributed by atoms with Crippen molar-refractivity contribution in [2.24, 2.45) is 5.92 Å². The van der Waals surface area contributed by atoms with E-state index in [2.05, 4.69) is 10.6 Å². The van der Waals surface area contributed by atoms with Crippen LogP contribution in [0.25, 0.3) is 0 Å². The zero-order valence-corrected chi connectivity index (χ0v) is 17.2. The first kappa shape index (κ1) is 23.4. The second kappa shape index (κ2) is 11.3.